The number of carbonyl (C=O) groups excluding carboxylic acids is 2. The van der Waals surface area contributed by atoms with Crippen LogP contribution in [0.5, 0.6) is 0 Å². The van der Waals surface area contributed by atoms with Crippen molar-refractivity contribution in [1.82, 2.24) is 0 Å². The number of hydrogen-bond donors (Lipinski definition) is 1. The summed E-state index contributed by atoms with van der Waals surface area (Å²) in [6, 6.07) is 0. The summed E-state index contributed by atoms with van der Waals surface area (Å²) in [6.07, 6.45) is 10.4. The number of carbonyl (C=O) groups is 2. The van der Waals surface area contributed by atoms with Crippen molar-refractivity contribution in [2.45, 2.75) is 128 Å². The monoisotopic (exact) mass is 556 g/mol. The van der Waals surface area contributed by atoms with Crippen molar-refractivity contribution in [1.29, 1.82) is 0 Å². The van der Waals surface area contributed by atoms with Crippen LogP contribution in [0.4, 0.5) is 0 Å². The minimum absolute atomic E-state index is 0.0500. The fraction of sp³-hybridized carbons (Fsp3) is 0.867. The van der Waals surface area contributed by atoms with Crippen molar-refractivity contribution in [2.24, 2.45) is 17.8 Å². The number of esters is 1. The lowest BCUT2D eigenvalue weighted by Gasteiger charge is -2.35. The Hall–Kier alpha value is -0.990. The largest absolute Gasteiger partial charge is 0.458 e. The Morgan fingerprint density at radius 2 is 2.00 bits per heavy atom. The van der Waals surface area contributed by atoms with Crippen LogP contribution in [0.25, 0.3) is 0 Å². The van der Waals surface area contributed by atoms with Gasteiger partial charge in [-0.05, 0) is 84.0 Å². The molecule has 1 N–H and O–H groups in total. The molecule has 218 valence electrons. The quantitative estimate of drug-likeness (QED) is 0.126. The van der Waals surface area contributed by atoms with E-state index in [0.717, 1.165) is 64.2 Å². The summed E-state index contributed by atoms with van der Waals surface area (Å²) in [5.41, 5.74) is 0.783. The van der Waals surface area contributed by atoms with E-state index in [0.29, 0.717) is 19.6 Å². The summed E-state index contributed by atoms with van der Waals surface area (Å²) in [6.45, 7) is 8.72. The van der Waals surface area contributed by atoms with Gasteiger partial charge < -0.3 is 24.1 Å². The van der Waals surface area contributed by atoms with E-state index in [1.807, 2.05) is 20.8 Å². The van der Waals surface area contributed by atoms with Crippen LogP contribution in [0.3, 0.4) is 0 Å². The molecule has 0 bridgehead atoms. The van der Waals surface area contributed by atoms with Crippen LogP contribution in [0.2, 0.25) is 0 Å². The number of aliphatic hydroxyl groups is 1. The van der Waals surface area contributed by atoms with E-state index in [1.165, 1.54) is 5.57 Å². The van der Waals surface area contributed by atoms with Gasteiger partial charge in [-0.3, -0.25) is 4.79 Å². The third kappa shape index (κ3) is 9.58. The molecule has 3 unspecified atom stereocenters. The third-order valence-corrected chi connectivity index (χ3v) is 8.43. The molecule has 1 saturated heterocycles. The lowest BCUT2D eigenvalue weighted by atomic mass is 9.76. The maximum atomic E-state index is 12.8. The van der Waals surface area contributed by atoms with E-state index >= 15 is 0 Å². The second kappa shape index (κ2) is 15.1. The first kappa shape index (κ1) is 31.5. The lowest BCUT2D eigenvalue weighted by molar-refractivity contribution is -0.202. The number of Topliss-reactive ketones (excluding diaryl/α,β-unsaturated/α-hetero) is 1. The van der Waals surface area contributed by atoms with Crippen molar-refractivity contribution < 1.29 is 33.6 Å². The van der Waals surface area contributed by atoms with Crippen LogP contribution >= 0.6 is 11.6 Å². The number of alkyl halides is 1. The number of hydrogen-bond acceptors (Lipinski definition) is 7. The van der Waals surface area contributed by atoms with Gasteiger partial charge in [0.1, 0.15) is 17.6 Å². The molecule has 38 heavy (non-hydrogen) atoms. The Morgan fingerprint density at radius 3 is 2.68 bits per heavy atom. The molecule has 0 spiro atoms. The number of ether oxygens (including phenoxy) is 4. The minimum atomic E-state index is -0.943. The number of allylic oxidation sites excluding steroid dienone is 1. The maximum absolute atomic E-state index is 12.8. The fourth-order valence-corrected chi connectivity index (χ4v) is 6.42. The molecule has 0 aromatic carbocycles. The van der Waals surface area contributed by atoms with Crippen molar-refractivity contribution in [2.75, 3.05) is 19.8 Å². The van der Waals surface area contributed by atoms with E-state index in [-0.39, 0.29) is 48.5 Å². The van der Waals surface area contributed by atoms with Crippen LogP contribution < -0.4 is 0 Å². The highest BCUT2D eigenvalue weighted by molar-refractivity contribution is 6.31. The summed E-state index contributed by atoms with van der Waals surface area (Å²) in [4.78, 5) is 24.7. The van der Waals surface area contributed by atoms with Crippen LogP contribution in [0, 0.1) is 17.8 Å². The summed E-state index contributed by atoms with van der Waals surface area (Å²) in [5.74, 6) is -0.179. The zero-order chi connectivity index (χ0) is 27.7. The van der Waals surface area contributed by atoms with E-state index < -0.39 is 17.1 Å². The maximum Gasteiger partial charge on any atom is 0.332 e. The average Bonchev–Trinajstić information content (AvgIpc) is 3.22. The topological polar surface area (TPSA) is 91.3 Å². The van der Waals surface area contributed by atoms with Gasteiger partial charge in [0.15, 0.2) is 12.1 Å². The standard InChI is InChI=1S/C30H49ClO7/c1-5-6-7-10-23(32)28(31)29(34)27-22-13-12-20(14-16-35-19-25(33)38-30(2,3)4)17-21(22)18-24(27)37-26-11-8-9-15-36-26/h17,21-22,24,26-29,34H,5-16,18-19H2,1-4H3/t21-,22-,24+,26?,27+,28?,29?/m0/s1. The summed E-state index contributed by atoms with van der Waals surface area (Å²) < 4.78 is 23.2. The predicted molar refractivity (Wildman–Crippen MR) is 147 cm³/mol. The van der Waals surface area contributed by atoms with E-state index in [2.05, 4.69) is 13.0 Å². The lowest BCUT2D eigenvalue weighted by Crippen LogP contribution is -2.44. The van der Waals surface area contributed by atoms with Gasteiger partial charge in [-0.1, -0.05) is 31.4 Å². The zero-order valence-corrected chi connectivity index (χ0v) is 24.5. The highest BCUT2D eigenvalue weighted by Gasteiger charge is 2.50. The summed E-state index contributed by atoms with van der Waals surface area (Å²) >= 11 is 6.60. The molecular formula is C30H49ClO7. The second-order valence-electron chi connectivity index (χ2n) is 12.2. The Balaban J connectivity index is 1.61. The zero-order valence-electron chi connectivity index (χ0n) is 23.8. The highest BCUT2D eigenvalue weighted by Crippen LogP contribution is 2.49. The Morgan fingerprint density at radius 1 is 1.21 bits per heavy atom. The molecule has 0 aromatic heterocycles. The molecule has 3 rings (SSSR count). The molecule has 7 nitrogen and oxygen atoms in total. The Labute approximate surface area is 233 Å². The van der Waals surface area contributed by atoms with Gasteiger partial charge in [0.05, 0.1) is 18.8 Å². The Bertz CT molecular complexity index is 786. The Kier molecular flexibility index (Phi) is 12.6. The molecule has 2 aliphatic carbocycles. The van der Waals surface area contributed by atoms with E-state index in [4.69, 9.17) is 30.5 Å². The van der Waals surface area contributed by atoms with Gasteiger partial charge in [-0.25, -0.2) is 4.79 Å². The second-order valence-corrected chi connectivity index (χ2v) is 12.7. The van der Waals surface area contributed by atoms with Gasteiger partial charge in [0, 0.05) is 18.9 Å². The first-order chi connectivity index (χ1) is 18.1. The third-order valence-electron chi connectivity index (χ3n) is 7.93. The number of rotatable bonds is 14. The molecule has 8 heteroatoms. The summed E-state index contributed by atoms with van der Waals surface area (Å²) in [7, 11) is 0. The molecule has 1 aliphatic heterocycles. The van der Waals surface area contributed by atoms with Gasteiger partial charge >= 0.3 is 5.97 Å². The molecule has 7 atom stereocenters. The number of unbranched alkanes of at least 4 members (excludes halogenated alkanes) is 2. The molecule has 0 amide bonds. The average molecular weight is 557 g/mol. The first-order valence-corrected chi connectivity index (χ1v) is 15.1. The van der Waals surface area contributed by atoms with E-state index in [9.17, 15) is 14.7 Å². The first-order valence-electron chi connectivity index (χ1n) is 14.7. The van der Waals surface area contributed by atoms with Crippen LogP contribution in [-0.2, 0) is 28.5 Å². The number of fused-ring (bicyclic) bond motifs is 1. The molecule has 1 heterocycles. The van der Waals surface area contributed by atoms with Gasteiger partial charge in [-0.2, -0.15) is 0 Å². The minimum Gasteiger partial charge on any atom is -0.458 e. The molecular weight excluding hydrogens is 508 g/mol. The number of aliphatic hydroxyl groups excluding tert-OH is 1. The van der Waals surface area contributed by atoms with Crippen LogP contribution in [0.15, 0.2) is 11.6 Å². The van der Waals surface area contributed by atoms with Crippen molar-refractivity contribution in [3.63, 3.8) is 0 Å². The SMILES string of the molecule is CCCCCC(=O)C(Cl)C(O)[C@@H]1[C@H]2CCC(CCOCC(=O)OC(C)(C)C)=C[C@H]2C[C@H]1OC1CCCCO1. The van der Waals surface area contributed by atoms with Crippen molar-refractivity contribution >= 4 is 23.4 Å². The molecule has 0 radical (unpaired) electrons. The smallest absolute Gasteiger partial charge is 0.332 e. The molecule has 3 aliphatic rings. The molecule has 1 saturated carbocycles. The molecule has 0 aromatic rings. The summed E-state index contributed by atoms with van der Waals surface area (Å²) in [5, 5.41) is 10.5. The normalized spacial score (nSPS) is 29.3. The van der Waals surface area contributed by atoms with Gasteiger partial charge in [0.2, 0.25) is 0 Å². The van der Waals surface area contributed by atoms with E-state index in [1.54, 1.807) is 0 Å². The highest BCUT2D eigenvalue weighted by atomic mass is 35.5. The molecule has 2 fully saturated rings. The van der Waals surface area contributed by atoms with Crippen LogP contribution in [0.1, 0.15) is 98.3 Å². The van der Waals surface area contributed by atoms with Crippen molar-refractivity contribution in [3.8, 4) is 0 Å². The van der Waals surface area contributed by atoms with Gasteiger partial charge in [0.25, 0.3) is 0 Å². The fourth-order valence-electron chi connectivity index (χ4n) is 6.14. The number of halogens is 1. The predicted octanol–water partition coefficient (Wildman–Crippen LogP) is 5.74. The van der Waals surface area contributed by atoms with Crippen molar-refractivity contribution in [3.05, 3.63) is 11.6 Å². The number of ketones is 1. The van der Waals surface area contributed by atoms with Crippen LogP contribution in [-0.4, -0.2) is 66.2 Å². The van der Waals surface area contributed by atoms with Gasteiger partial charge in [-0.15, -0.1) is 11.6 Å².